The van der Waals surface area contributed by atoms with Gasteiger partial charge in [0.05, 0.1) is 6.61 Å². The maximum absolute atomic E-state index is 5.19. The zero-order valence-electron chi connectivity index (χ0n) is 14.7. The van der Waals surface area contributed by atoms with Gasteiger partial charge in [0.15, 0.2) is 5.82 Å². The van der Waals surface area contributed by atoms with Gasteiger partial charge in [0.1, 0.15) is 5.82 Å². The number of ether oxygens (including phenoxy) is 1. The maximum atomic E-state index is 5.19. The molecule has 0 bridgehead atoms. The Morgan fingerprint density at radius 3 is 3.12 bits per heavy atom. The van der Waals surface area contributed by atoms with Crippen molar-refractivity contribution in [2.24, 2.45) is 0 Å². The fraction of sp³-hybridized carbons (Fsp3) is 0.526. The number of likely N-dealkylation sites (tertiary alicyclic amines) is 1. The minimum absolute atomic E-state index is 0.443. The number of nitrogens with zero attached hydrogens (tertiary/aromatic N) is 4. The van der Waals surface area contributed by atoms with Crippen LogP contribution in [0.1, 0.15) is 24.1 Å². The van der Waals surface area contributed by atoms with Crippen molar-refractivity contribution in [3.05, 3.63) is 35.8 Å². The van der Waals surface area contributed by atoms with Crippen LogP contribution in [0.2, 0.25) is 0 Å². The van der Waals surface area contributed by atoms with Crippen LogP contribution in [0.5, 0.6) is 0 Å². The van der Waals surface area contributed by atoms with Crippen LogP contribution in [0, 0.1) is 0 Å². The first-order valence-electron chi connectivity index (χ1n) is 9.11. The monoisotopic (exact) mass is 339 g/mol. The molecule has 0 aromatic carbocycles. The Labute approximate surface area is 148 Å². The average molecular weight is 339 g/mol. The van der Waals surface area contributed by atoms with Crippen molar-refractivity contribution in [2.75, 3.05) is 38.7 Å². The molecule has 2 aliphatic rings. The Bertz CT molecular complexity index is 721. The average Bonchev–Trinajstić information content (AvgIpc) is 3.30. The normalized spacial score (nSPS) is 20.0. The molecule has 1 unspecified atom stereocenters. The lowest BCUT2D eigenvalue weighted by molar-refractivity contribution is 0.160. The minimum atomic E-state index is 0.443. The molecular formula is C19H25N5O. The van der Waals surface area contributed by atoms with Gasteiger partial charge in [-0.05, 0) is 37.8 Å². The largest absolute Gasteiger partial charge is 0.383 e. The van der Waals surface area contributed by atoms with Crippen LogP contribution in [0.3, 0.4) is 0 Å². The molecule has 25 heavy (non-hydrogen) atoms. The molecule has 0 radical (unpaired) electrons. The summed E-state index contributed by atoms with van der Waals surface area (Å²) in [5.74, 6) is 1.81. The topological polar surface area (TPSA) is 63.2 Å². The number of nitrogens with one attached hydrogen (secondary N) is 1. The third kappa shape index (κ3) is 3.65. The predicted molar refractivity (Wildman–Crippen MR) is 97.6 cm³/mol. The van der Waals surface area contributed by atoms with Gasteiger partial charge in [0.2, 0.25) is 0 Å². The second kappa shape index (κ2) is 7.45. The van der Waals surface area contributed by atoms with E-state index in [9.17, 15) is 0 Å². The highest BCUT2D eigenvalue weighted by molar-refractivity contribution is 5.60. The summed E-state index contributed by atoms with van der Waals surface area (Å²) in [6.07, 6.45) is 8.05. The number of anilines is 1. The second-order valence-corrected chi connectivity index (χ2v) is 6.84. The summed E-state index contributed by atoms with van der Waals surface area (Å²) in [6, 6.07) is 4.40. The fourth-order valence-electron chi connectivity index (χ4n) is 3.74. The maximum Gasteiger partial charge on any atom is 0.163 e. The molecule has 1 aliphatic heterocycles. The Kier molecular flexibility index (Phi) is 4.90. The number of hydrogen-bond acceptors (Lipinski definition) is 6. The Morgan fingerprint density at radius 1 is 1.32 bits per heavy atom. The molecule has 4 rings (SSSR count). The molecular weight excluding hydrogens is 314 g/mol. The van der Waals surface area contributed by atoms with Gasteiger partial charge in [0.25, 0.3) is 0 Å². The van der Waals surface area contributed by atoms with Crippen LogP contribution in [-0.4, -0.2) is 59.2 Å². The molecule has 6 nitrogen and oxygen atoms in total. The minimum Gasteiger partial charge on any atom is -0.383 e. The summed E-state index contributed by atoms with van der Waals surface area (Å²) in [7, 11) is 1.76. The van der Waals surface area contributed by atoms with Crippen molar-refractivity contribution >= 4 is 5.82 Å². The summed E-state index contributed by atoms with van der Waals surface area (Å²) in [6.45, 7) is 3.95. The SMILES string of the molecule is COCCN1CCC(Nc2nc(-c3cccnc3)nc3c2CCC3)C1. The van der Waals surface area contributed by atoms with E-state index in [4.69, 9.17) is 14.7 Å². The summed E-state index contributed by atoms with van der Waals surface area (Å²) in [5, 5.41) is 3.70. The highest BCUT2D eigenvalue weighted by Crippen LogP contribution is 2.30. The molecule has 2 aromatic heterocycles. The molecule has 132 valence electrons. The number of aromatic nitrogens is 3. The van der Waals surface area contributed by atoms with Gasteiger partial charge in [-0.3, -0.25) is 9.88 Å². The Hall–Kier alpha value is -2.05. The predicted octanol–water partition coefficient (Wildman–Crippen LogP) is 2.16. The van der Waals surface area contributed by atoms with Crippen LogP contribution in [-0.2, 0) is 17.6 Å². The van der Waals surface area contributed by atoms with Gasteiger partial charge in [-0.2, -0.15) is 0 Å². The smallest absolute Gasteiger partial charge is 0.163 e. The molecule has 0 saturated carbocycles. The molecule has 1 saturated heterocycles. The quantitative estimate of drug-likeness (QED) is 0.870. The highest BCUT2D eigenvalue weighted by atomic mass is 16.5. The van der Waals surface area contributed by atoms with Crippen molar-refractivity contribution in [1.82, 2.24) is 19.9 Å². The van der Waals surface area contributed by atoms with E-state index in [1.54, 1.807) is 13.3 Å². The molecule has 1 atom stereocenters. The van der Waals surface area contributed by atoms with Crippen molar-refractivity contribution in [2.45, 2.75) is 31.7 Å². The van der Waals surface area contributed by atoms with Gasteiger partial charge in [-0.1, -0.05) is 0 Å². The van der Waals surface area contributed by atoms with Crippen molar-refractivity contribution in [3.63, 3.8) is 0 Å². The van der Waals surface area contributed by atoms with E-state index in [-0.39, 0.29) is 0 Å². The number of pyridine rings is 1. The van der Waals surface area contributed by atoms with E-state index in [0.29, 0.717) is 6.04 Å². The molecule has 3 heterocycles. The van der Waals surface area contributed by atoms with Crippen LogP contribution in [0.25, 0.3) is 11.4 Å². The van der Waals surface area contributed by atoms with Crippen LogP contribution < -0.4 is 5.32 Å². The molecule has 2 aromatic rings. The van der Waals surface area contributed by atoms with E-state index in [0.717, 1.165) is 62.7 Å². The third-order valence-corrected chi connectivity index (χ3v) is 5.08. The molecule has 0 amide bonds. The van der Waals surface area contributed by atoms with Crippen molar-refractivity contribution in [3.8, 4) is 11.4 Å². The van der Waals surface area contributed by atoms with Gasteiger partial charge in [0, 0.05) is 62.0 Å². The lowest BCUT2D eigenvalue weighted by Gasteiger charge is -2.18. The zero-order valence-corrected chi connectivity index (χ0v) is 14.7. The van der Waals surface area contributed by atoms with Crippen LogP contribution in [0.15, 0.2) is 24.5 Å². The first-order valence-corrected chi connectivity index (χ1v) is 9.11. The summed E-state index contributed by atoms with van der Waals surface area (Å²) in [5.41, 5.74) is 3.49. The van der Waals surface area contributed by atoms with Gasteiger partial charge >= 0.3 is 0 Å². The van der Waals surface area contributed by atoms with E-state index in [1.807, 2.05) is 18.3 Å². The number of methoxy groups -OCH3 is 1. The summed E-state index contributed by atoms with van der Waals surface area (Å²) < 4.78 is 5.19. The lowest BCUT2D eigenvalue weighted by Crippen LogP contribution is -2.29. The molecule has 1 fully saturated rings. The van der Waals surface area contributed by atoms with Crippen molar-refractivity contribution in [1.29, 1.82) is 0 Å². The van der Waals surface area contributed by atoms with Crippen molar-refractivity contribution < 1.29 is 4.74 Å². The standard InChI is InChI=1S/C19H25N5O/c1-25-11-10-24-9-7-15(13-24)21-19-16-5-2-6-17(16)22-18(23-19)14-4-3-8-20-12-14/h3-4,8,12,15H,2,5-7,9-11,13H2,1H3,(H,21,22,23). The number of rotatable bonds is 6. The number of fused-ring (bicyclic) bond motifs is 1. The van der Waals surface area contributed by atoms with E-state index >= 15 is 0 Å². The van der Waals surface area contributed by atoms with E-state index < -0.39 is 0 Å². The fourth-order valence-corrected chi connectivity index (χ4v) is 3.74. The summed E-state index contributed by atoms with van der Waals surface area (Å²) in [4.78, 5) is 16.3. The number of hydrogen-bond donors (Lipinski definition) is 1. The summed E-state index contributed by atoms with van der Waals surface area (Å²) >= 11 is 0. The Morgan fingerprint density at radius 2 is 2.28 bits per heavy atom. The van der Waals surface area contributed by atoms with Crippen LogP contribution >= 0.6 is 0 Å². The van der Waals surface area contributed by atoms with E-state index in [2.05, 4.69) is 15.2 Å². The first-order chi connectivity index (χ1) is 12.3. The van der Waals surface area contributed by atoms with E-state index in [1.165, 1.54) is 17.7 Å². The lowest BCUT2D eigenvalue weighted by atomic mass is 10.2. The van der Waals surface area contributed by atoms with Gasteiger partial charge in [-0.25, -0.2) is 9.97 Å². The Balaban J connectivity index is 1.54. The number of aryl methyl sites for hydroxylation is 1. The molecule has 6 heteroatoms. The molecule has 1 N–H and O–H groups in total. The molecule has 1 aliphatic carbocycles. The highest BCUT2D eigenvalue weighted by Gasteiger charge is 2.26. The first kappa shape index (κ1) is 16.4. The second-order valence-electron chi connectivity index (χ2n) is 6.84. The molecule has 0 spiro atoms. The third-order valence-electron chi connectivity index (χ3n) is 5.08. The zero-order chi connectivity index (χ0) is 17.1. The van der Waals surface area contributed by atoms with Crippen LogP contribution in [0.4, 0.5) is 5.82 Å². The van der Waals surface area contributed by atoms with Gasteiger partial charge in [-0.15, -0.1) is 0 Å². The van der Waals surface area contributed by atoms with Gasteiger partial charge < -0.3 is 10.1 Å².